The molecule has 66 valence electrons. The second-order valence-electron chi connectivity index (χ2n) is 2.92. The molecule has 0 aromatic heterocycles. The number of hydrogen-bond acceptors (Lipinski definition) is 3. The first-order chi connectivity index (χ1) is 5.34. The molecule has 0 unspecified atom stereocenters. The van der Waals surface area contributed by atoms with Gasteiger partial charge in [-0.3, -0.25) is 0 Å². The molecule has 3 heteroatoms. The maximum Gasteiger partial charge on any atom is 0.0700 e. The molecule has 0 radical (unpaired) electrons. The minimum atomic E-state index is 0.367. The maximum absolute atomic E-state index is 5.39. The lowest BCUT2D eigenvalue weighted by atomic mass is 10.1. The van der Waals surface area contributed by atoms with Gasteiger partial charge in [0.2, 0.25) is 0 Å². The van der Waals surface area contributed by atoms with Crippen LogP contribution in [-0.2, 0) is 9.47 Å². The smallest absolute Gasteiger partial charge is 0.0700 e. The van der Waals surface area contributed by atoms with Crippen molar-refractivity contribution in [2.24, 2.45) is 0 Å². The lowest BCUT2D eigenvalue weighted by Gasteiger charge is -2.15. The van der Waals surface area contributed by atoms with Gasteiger partial charge in [-0.25, -0.2) is 0 Å². The van der Waals surface area contributed by atoms with Crippen molar-refractivity contribution in [2.45, 2.75) is 25.5 Å². The summed E-state index contributed by atoms with van der Waals surface area (Å²) in [7, 11) is 1.72. The monoisotopic (exact) mass is 159 g/mol. The van der Waals surface area contributed by atoms with Gasteiger partial charge in [0.05, 0.1) is 12.7 Å². The molecule has 11 heavy (non-hydrogen) atoms. The minimum absolute atomic E-state index is 0.367. The fourth-order valence-corrected chi connectivity index (χ4v) is 1.35. The summed E-state index contributed by atoms with van der Waals surface area (Å²) in [6, 6.07) is 0.533. The molecule has 1 fully saturated rings. The molecular formula is C8H17NO2. The Morgan fingerprint density at radius 1 is 1.64 bits per heavy atom. The molecule has 1 aliphatic rings. The highest BCUT2D eigenvalue weighted by Crippen LogP contribution is 2.11. The van der Waals surface area contributed by atoms with Crippen LogP contribution >= 0.6 is 0 Å². The summed E-state index contributed by atoms with van der Waals surface area (Å²) >= 11 is 0. The van der Waals surface area contributed by atoms with Gasteiger partial charge < -0.3 is 14.8 Å². The largest absolute Gasteiger partial charge is 0.383 e. The van der Waals surface area contributed by atoms with Gasteiger partial charge in [-0.15, -0.1) is 0 Å². The van der Waals surface area contributed by atoms with Gasteiger partial charge in [0.15, 0.2) is 0 Å². The van der Waals surface area contributed by atoms with Gasteiger partial charge in [0.1, 0.15) is 0 Å². The molecule has 1 heterocycles. The lowest BCUT2D eigenvalue weighted by molar-refractivity contribution is 0.110. The van der Waals surface area contributed by atoms with Crippen molar-refractivity contribution in [2.75, 3.05) is 26.9 Å². The zero-order valence-electron chi connectivity index (χ0n) is 7.30. The summed E-state index contributed by atoms with van der Waals surface area (Å²) in [5, 5.41) is 3.38. The molecule has 0 bridgehead atoms. The molecule has 0 amide bonds. The van der Waals surface area contributed by atoms with Crippen molar-refractivity contribution in [1.82, 2.24) is 5.32 Å². The zero-order valence-corrected chi connectivity index (χ0v) is 7.30. The average molecular weight is 159 g/mol. The number of ether oxygens (including phenoxy) is 2. The second kappa shape index (κ2) is 4.70. The topological polar surface area (TPSA) is 30.5 Å². The quantitative estimate of drug-likeness (QED) is 0.602. The Morgan fingerprint density at radius 2 is 2.45 bits per heavy atom. The third-order valence-corrected chi connectivity index (χ3v) is 2.09. The molecular weight excluding hydrogens is 142 g/mol. The highest BCUT2D eigenvalue weighted by molar-refractivity contribution is 4.78. The van der Waals surface area contributed by atoms with Crippen LogP contribution in [0.1, 0.15) is 13.3 Å². The summed E-state index contributed by atoms with van der Waals surface area (Å²) in [5.74, 6) is 0. The number of hydrogen-bond donors (Lipinski definition) is 1. The summed E-state index contributed by atoms with van der Waals surface area (Å²) in [5.41, 5.74) is 0. The minimum Gasteiger partial charge on any atom is -0.383 e. The van der Waals surface area contributed by atoms with E-state index in [2.05, 4.69) is 12.2 Å². The van der Waals surface area contributed by atoms with E-state index in [1.54, 1.807) is 7.11 Å². The normalized spacial score (nSPS) is 31.1. The molecule has 0 aliphatic carbocycles. The number of rotatable bonds is 4. The molecule has 0 aromatic carbocycles. The van der Waals surface area contributed by atoms with Gasteiger partial charge in [-0.2, -0.15) is 0 Å². The molecule has 1 saturated heterocycles. The van der Waals surface area contributed by atoms with Crippen LogP contribution in [0.3, 0.4) is 0 Å². The van der Waals surface area contributed by atoms with Crippen LogP contribution in [0.2, 0.25) is 0 Å². The van der Waals surface area contributed by atoms with Crippen LogP contribution in [0.5, 0.6) is 0 Å². The third-order valence-electron chi connectivity index (χ3n) is 2.09. The maximum atomic E-state index is 5.39. The first-order valence-electron chi connectivity index (χ1n) is 4.18. The van der Waals surface area contributed by atoms with E-state index in [1.807, 2.05) is 0 Å². The number of methoxy groups -OCH3 is 1. The Kier molecular flexibility index (Phi) is 3.83. The van der Waals surface area contributed by atoms with Crippen LogP contribution < -0.4 is 5.32 Å². The summed E-state index contributed by atoms with van der Waals surface area (Å²) in [6.45, 7) is 4.71. The SMILES string of the molecule is COCCN[C@@H]1CCO[C@H]1C. The highest BCUT2D eigenvalue weighted by atomic mass is 16.5. The highest BCUT2D eigenvalue weighted by Gasteiger charge is 2.22. The van der Waals surface area contributed by atoms with E-state index in [9.17, 15) is 0 Å². The Balaban J connectivity index is 2.05. The second-order valence-corrected chi connectivity index (χ2v) is 2.92. The van der Waals surface area contributed by atoms with Crippen molar-refractivity contribution in [3.05, 3.63) is 0 Å². The van der Waals surface area contributed by atoms with E-state index in [-0.39, 0.29) is 0 Å². The van der Waals surface area contributed by atoms with Crippen molar-refractivity contribution < 1.29 is 9.47 Å². The Bertz CT molecular complexity index is 108. The number of nitrogens with one attached hydrogen (secondary N) is 1. The van der Waals surface area contributed by atoms with Gasteiger partial charge in [-0.1, -0.05) is 0 Å². The standard InChI is InChI=1S/C8H17NO2/c1-7-8(3-5-11-7)9-4-6-10-2/h7-9H,3-6H2,1-2H3/t7-,8+/m0/s1. The predicted octanol–water partition coefficient (Wildman–Crippen LogP) is 0.400. The van der Waals surface area contributed by atoms with Crippen LogP contribution in [0.4, 0.5) is 0 Å². The van der Waals surface area contributed by atoms with Crippen molar-refractivity contribution in [3.63, 3.8) is 0 Å². The fourth-order valence-electron chi connectivity index (χ4n) is 1.35. The summed E-state index contributed by atoms with van der Waals surface area (Å²) in [6.07, 6.45) is 1.50. The van der Waals surface area contributed by atoms with E-state index >= 15 is 0 Å². The first kappa shape index (κ1) is 8.97. The van der Waals surface area contributed by atoms with Gasteiger partial charge in [0, 0.05) is 26.3 Å². The van der Waals surface area contributed by atoms with Crippen LogP contribution in [0.25, 0.3) is 0 Å². The van der Waals surface area contributed by atoms with Crippen LogP contribution in [-0.4, -0.2) is 39.0 Å². The van der Waals surface area contributed by atoms with Crippen molar-refractivity contribution in [1.29, 1.82) is 0 Å². The molecule has 1 N–H and O–H groups in total. The van der Waals surface area contributed by atoms with Gasteiger partial charge >= 0.3 is 0 Å². The Morgan fingerprint density at radius 3 is 3.00 bits per heavy atom. The molecule has 1 aliphatic heterocycles. The van der Waals surface area contributed by atoms with Crippen molar-refractivity contribution in [3.8, 4) is 0 Å². The zero-order chi connectivity index (χ0) is 8.10. The van der Waals surface area contributed by atoms with Crippen LogP contribution in [0, 0.1) is 0 Å². The van der Waals surface area contributed by atoms with Gasteiger partial charge in [-0.05, 0) is 13.3 Å². The molecule has 1 rings (SSSR count). The Labute approximate surface area is 68.1 Å². The molecule has 3 nitrogen and oxygen atoms in total. The molecule has 0 saturated carbocycles. The predicted molar refractivity (Wildman–Crippen MR) is 43.7 cm³/mol. The van der Waals surface area contributed by atoms with E-state index in [0.29, 0.717) is 12.1 Å². The van der Waals surface area contributed by atoms with E-state index in [4.69, 9.17) is 9.47 Å². The molecule has 0 aromatic rings. The van der Waals surface area contributed by atoms with E-state index in [1.165, 1.54) is 0 Å². The van der Waals surface area contributed by atoms with Crippen molar-refractivity contribution >= 4 is 0 Å². The average Bonchev–Trinajstić information content (AvgIpc) is 2.37. The summed E-state index contributed by atoms with van der Waals surface area (Å²) in [4.78, 5) is 0. The third kappa shape index (κ3) is 2.77. The van der Waals surface area contributed by atoms with E-state index < -0.39 is 0 Å². The van der Waals surface area contributed by atoms with Crippen LogP contribution in [0.15, 0.2) is 0 Å². The van der Waals surface area contributed by atoms with Gasteiger partial charge in [0.25, 0.3) is 0 Å². The molecule has 0 spiro atoms. The fraction of sp³-hybridized carbons (Fsp3) is 1.00. The van der Waals surface area contributed by atoms with E-state index in [0.717, 1.165) is 26.2 Å². The first-order valence-corrected chi connectivity index (χ1v) is 4.18. The summed E-state index contributed by atoms with van der Waals surface area (Å²) < 4.78 is 10.3. The molecule has 2 atom stereocenters. The Hall–Kier alpha value is -0.120. The lowest BCUT2D eigenvalue weighted by Crippen LogP contribution is -2.36.